The van der Waals surface area contributed by atoms with Gasteiger partial charge in [0.1, 0.15) is 0 Å². The number of rotatable bonds is 11. The molecule has 1 aliphatic carbocycles. The highest BCUT2D eigenvalue weighted by molar-refractivity contribution is 6.14. The van der Waals surface area contributed by atoms with Crippen LogP contribution in [0.25, 0.3) is 49.7 Å². The first kappa shape index (κ1) is 41.0. The van der Waals surface area contributed by atoms with Crippen LogP contribution < -0.4 is 0 Å². The average Bonchev–Trinajstić information content (AvgIpc) is 3.61. The van der Waals surface area contributed by atoms with Crippen molar-refractivity contribution < 1.29 is 0 Å². The van der Waals surface area contributed by atoms with Crippen LogP contribution in [0.15, 0.2) is 203 Å². The van der Waals surface area contributed by atoms with Crippen LogP contribution in [-0.2, 0) is 0 Å². The van der Waals surface area contributed by atoms with Crippen molar-refractivity contribution in [2.45, 2.75) is 52.9 Å². The molecule has 290 valence electrons. The summed E-state index contributed by atoms with van der Waals surface area (Å²) in [5, 5.41) is 2.49. The van der Waals surface area contributed by atoms with E-state index in [1.165, 1.54) is 57.8 Å². The smallest absolute Gasteiger partial charge is 0.160 e. The van der Waals surface area contributed by atoms with Gasteiger partial charge >= 0.3 is 0 Å². The molecule has 5 aromatic carbocycles. The number of hydrogen-bond donors (Lipinski definition) is 0. The molecule has 58 heavy (non-hydrogen) atoms. The Labute approximate surface area is 345 Å². The standard InChI is InChI=1S/C52H48N4.C2H6/c1-6-17-37(4)51(53-5)55-52(54-36-38(18-7-2)19-8-3)43-23-16-22-41(34-43)39-28-31-44(32-29-39)56-49-27-15-14-26-47(49)48-33-30-42(35-50(48)56)46-25-13-12-24-45(46)40-20-10-9-11-21-40;1-2/h6-8,10,12-20,22-35,40H,2,4-5,9,11,21,36H2,1,3H3;1-2H3/b17-6-,19-8-,38-18+,54-52?,55-51?;. The third-order valence-electron chi connectivity index (χ3n) is 10.3. The lowest BCUT2D eigenvalue weighted by atomic mass is 9.84. The predicted molar refractivity (Wildman–Crippen MR) is 254 cm³/mol. The van der Waals surface area contributed by atoms with Crippen molar-refractivity contribution in [1.29, 1.82) is 0 Å². The van der Waals surface area contributed by atoms with Gasteiger partial charge in [0.25, 0.3) is 0 Å². The van der Waals surface area contributed by atoms with Crippen molar-refractivity contribution in [2.24, 2.45) is 15.0 Å². The van der Waals surface area contributed by atoms with Gasteiger partial charge in [0.05, 0.1) is 17.6 Å². The monoisotopic (exact) mass is 758 g/mol. The SMILES string of the molecule is C=C/C=C(\C=C/C)CN=C(N=C(N=C)C(=C)/C=C\C)c1cccc(-c2ccc(-n3c4ccccc4c4ccc(-c5ccccc5C5C=CCCC5)cc43)cc2)c1.CC. The minimum Gasteiger partial charge on any atom is -0.309 e. The maximum atomic E-state index is 4.97. The van der Waals surface area contributed by atoms with E-state index in [0.29, 0.717) is 29.7 Å². The molecule has 1 aliphatic rings. The fraction of sp³-hybridized carbons (Fsp3) is 0.167. The Morgan fingerprint density at radius 1 is 0.776 bits per heavy atom. The van der Waals surface area contributed by atoms with Gasteiger partial charge in [-0.05, 0) is 104 Å². The first-order chi connectivity index (χ1) is 28.5. The summed E-state index contributed by atoms with van der Waals surface area (Å²) in [5.74, 6) is 1.43. The molecule has 0 saturated carbocycles. The highest BCUT2D eigenvalue weighted by Crippen LogP contribution is 2.39. The van der Waals surface area contributed by atoms with Gasteiger partial charge in [0, 0.05) is 33.5 Å². The van der Waals surface area contributed by atoms with Crippen LogP contribution in [0.4, 0.5) is 0 Å². The van der Waals surface area contributed by atoms with E-state index >= 15 is 0 Å². The van der Waals surface area contributed by atoms with Gasteiger partial charge in [-0.2, -0.15) is 0 Å². The van der Waals surface area contributed by atoms with Gasteiger partial charge in [0.15, 0.2) is 11.7 Å². The maximum Gasteiger partial charge on any atom is 0.160 e. The number of aromatic nitrogens is 1. The summed E-state index contributed by atoms with van der Waals surface area (Å²) in [7, 11) is 0. The van der Waals surface area contributed by atoms with Crippen molar-refractivity contribution in [2.75, 3.05) is 6.54 Å². The highest BCUT2D eigenvalue weighted by Gasteiger charge is 2.18. The maximum absolute atomic E-state index is 4.97. The van der Waals surface area contributed by atoms with Crippen molar-refractivity contribution in [3.05, 3.63) is 199 Å². The Morgan fingerprint density at radius 2 is 1.52 bits per heavy atom. The molecule has 0 spiro atoms. The summed E-state index contributed by atoms with van der Waals surface area (Å²) in [5.41, 5.74) is 12.2. The number of para-hydroxylation sites is 1. The minimum absolute atomic E-state index is 0.429. The van der Waals surface area contributed by atoms with Crippen LogP contribution >= 0.6 is 0 Å². The van der Waals surface area contributed by atoms with E-state index in [1.54, 1.807) is 6.08 Å². The van der Waals surface area contributed by atoms with Crippen molar-refractivity contribution in [1.82, 2.24) is 4.57 Å². The molecule has 6 aromatic rings. The summed E-state index contributed by atoms with van der Waals surface area (Å²) in [4.78, 5) is 14.0. The van der Waals surface area contributed by atoms with Gasteiger partial charge in [-0.15, -0.1) is 0 Å². The molecule has 0 N–H and O–H groups in total. The molecule has 0 fully saturated rings. The normalized spacial score (nSPS) is 14.9. The van der Waals surface area contributed by atoms with E-state index in [2.05, 4.69) is 145 Å². The molecule has 0 aliphatic heterocycles. The lowest BCUT2D eigenvalue weighted by Crippen LogP contribution is -2.06. The molecule has 1 aromatic heterocycles. The van der Waals surface area contributed by atoms with Crippen LogP contribution in [0.1, 0.15) is 64.0 Å². The lowest BCUT2D eigenvalue weighted by molar-refractivity contribution is 0.655. The molecule has 4 heteroatoms. The lowest BCUT2D eigenvalue weighted by Gasteiger charge is -2.20. The van der Waals surface area contributed by atoms with Crippen LogP contribution in [0.2, 0.25) is 0 Å². The second kappa shape index (κ2) is 20.0. The zero-order valence-electron chi connectivity index (χ0n) is 34.4. The van der Waals surface area contributed by atoms with E-state index in [9.17, 15) is 0 Å². The predicted octanol–water partition coefficient (Wildman–Crippen LogP) is 14.6. The molecule has 0 amide bonds. The summed E-state index contributed by atoms with van der Waals surface area (Å²) in [6.45, 7) is 20.1. The Balaban J connectivity index is 0.00000279. The molecule has 7 rings (SSSR count). The van der Waals surface area contributed by atoms with Crippen molar-refractivity contribution in [3.8, 4) is 27.9 Å². The molecule has 1 unspecified atom stereocenters. The Bertz CT molecular complexity index is 2600. The van der Waals surface area contributed by atoms with E-state index in [0.717, 1.165) is 28.0 Å². The largest absolute Gasteiger partial charge is 0.309 e. The molecule has 0 radical (unpaired) electrons. The highest BCUT2D eigenvalue weighted by atomic mass is 15.0. The number of fused-ring (bicyclic) bond motifs is 3. The minimum atomic E-state index is 0.429. The third kappa shape index (κ3) is 9.14. The number of hydrogen-bond acceptors (Lipinski definition) is 1. The topological polar surface area (TPSA) is 42.0 Å². The van der Waals surface area contributed by atoms with Crippen molar-refractivity contribution >= 4 is 40.2 Å². The molecule has 0 bridgehead atoms. The fourth-order valence-corrected chi connectivity index (χ4v) is 7.68. The number of benzene rings is 5. The van der Waals surface area contributed by atoms with Crippen LogP contribution in [0, 0.1) is 0 Å². The first-order valence-corrected chi connectivity index (χ1v) is 20.4. The third-order valence-corrected chi connectivity index (χ3v) is 10.3. The van der Waals surface area contributed by atoms with Crippen LogP contribution in [0.3, 0.4) is 0 Å². The number of allylic oxidation sites excluding steroid dienone is 6. The van der Waals surface area contributed by atoms with Crippen LogP contribution in [-0.4, -0.2) is 29.5 Å². The average molecular weight is 759 g/mol. The van der Waals surface area contributed by atoms with E-state index in [-0.39, 0.29) is 0 Å². The molecule has 0 saturated heterocycles. The number of amidine groups is 2. The second-order valence-electron chi connectivity index (χ2n) is 14.0. The molecule has 1 atom stereocenters. The molecule has 1 heterocycles. The van der Waals surface area contributed by atoms with Crippen molar-refractivity contribution in [3.63, 3.8) is 0 Å². The van der Waals surface area contributed by atoms with Crippen LogP contribution in [0.5, 0.6) is 0 Å². The van der Waals surface area contributed by atoms with E-state index < -0.39 is 0 Å². The summed E-state index contributed by atoms with van der Waals surface area (Å²) in [6.07, 6.45) is 19.9. The summed E-state index contributed by atoms with van der Waals surface area (Å²) >= 11 is 0. The number of nitrogens with zero attached hydrogens (tertiary/aromatic N) is 4. The molecular formula is C54H54N4. The Kier molecular flexibility index (Phi) is 14.1. The second-order valence-corrected chi connectivity index (χ2v) is 14.0. The van der Waals surface area contributed by atoms with Gasteiger partial charge in [-0.1, -0.05) is 161 Å². The van der Waals surface area contributed by atoms with E-state index in [1.807, 2.05) is 70.2 Å². The first-order valence-electron chi connectivity index (χ1n) is 20.4. The summed E-state index contributed by atoms with van der Waals surface area (Å²) in [6, 6.07) is 41.8. The quantitative estimate of drug-likeness (QED) is 0.0546. The summed E-state index contributed by atoms with van der Waals surface area (Å²) < 4.78 is 2.40. The van der Waals surface area contributed by atoms with Gasteiger partial charge in [-0.25, -0.2) is 9.98 Å². The zero-order chi connectivity index (χ0) is 40.9. The fourth-order valence-electron chi connectivity index (χ4n) is 7.68. The van der Waals surface area contributed by atoms with E-state index in [4.69, 9.17) is 9.98 Å². The Morgan fingerprint density at radius 3 is 2.26 bits per heavy atom. The zero-order valence-corrected chi connectivity index (χ0v) is 34.4. The molecule has 4 nitrogen and oxygen atoms in total. The van der Waals surface area contributed by atoms with Gasteiger partial charge in [-0.3, -0.25) is 4.99 Å². The van der Waals surface area contributed by atoms with Gasteiger partial charge in [0.2, 0.25) is 0 Å². The van der Waals surface area contributed by atoms with Gasteiger partial charge < -0.3 is 4.57 Å². The Hall–Kier alpha value is -6.65. The number of aliphatic imine (C=N–C) groups is 3. The molecular weight excluding hydrogens is 705 g/mol.